The van der Waals surface area contributed by atoms with Crippen LogP contribution in [-0.2, 0) is 4.79 Å². The van der Waals surface area contributed by atoms with Crippen molar-refractivity contribution in [2.45, 2.75) is 57.4 Å². The van der Waals surface area contributed by atoms with Gasteiger partial charge in [-0.25, -0.2) is 0 Å². The van der Waals surface area contributed by atoms with Crippen molar-refractivity contribution in [2.24, 2.45) is 11.8 Å². The highest BCUT2D eigenvalue weighted by molar-refractivity contribution is 5.75. The van der Waals surface area contributed by atoms with E-state index in [0.29, 0.717) is 11.4 Å². The average molecular weight is 207 g/mol. The maximum absolute atomic E-state index is 11.5. The van der Waals surface area contributed by atoms with Crippen LogP contribution in [0.5, 0.6) is 0 Å². The molecule has 15 heavy (non-hydrogen) atoms. The van der Waals surface area contributed by atoms with Crippen LogP contribution in [0.4, 0.5) is 0 Å². The van der Waals surface area contributed by atoms with E-state index in [0.717, 1.165) is 18.4 Å². The molecule has 1 saturated heterocycles. The second-order valence-electron chi connectivity index (χ2n) is 5.84. The molecule has 0 aromatic rings. The summed E-state index contributed by atoms with van der Waals surface area (Å²) >= 11 is 0. The van der Waals surface area contributed by atoms with Crippen LogP contribution in [0, 0.1) is 11.8 Å². The predicted octanol–water partition coefficient (Wildman–Crippen LogP) is 2.58. The lowest BCUT2D eigenvalue weighted by Gasteiger charge is -2.45. The molecular weight excluding hydrogens is 186 g/mol. The number of carbonyl (C=O) groups is 1. The lowest BCUT2D eigenvalue weighted by atomic mass is 9.70. The Morgan fingerprint density at radius 1 is 1.20 bits per heavy atom. The number of amides is 1. The van der Waals surface area contributed by atoms with Crippen LogP contribution >= 0.6 is 0 Å². The third kappa shape index (κ3) is 1.49. The topological polar surface area (TPSA) is 20.3 Å². The number of likely N-dealkylation sites (tertiary alicyclic amines) is 1. The largest absolute Gasteiger partial charge is 0.337 e. The summed E-state index contributed by atoms with van der Waals surface area (Å²) in [7, 11) is 0. The molecule has 0 N–H and O–H groups in total. The van der Waals surface area contributed by atoms with Crippen molar-refractivity contribution in [3.63, 3.8) is 0 Å². The first-order valence-electron chi connectivity index (χ1n) is 6.49. The van der Waals surface area contributed by atoms with E-state index in [1.54, 1.807) is 6.92 Å². The maximum Gasteiger partial charge on any atom is 0.219 e. The Bertz CT molecular complexity index is 278. The second-order valence-corrected chi connectivity index (χ2v) is 5.84. The highest BCUT2D eigenvalue weighted by Crippen LogP contribution is 2.53. The summed E-state index contributed by atoms with van der Waals surface area (Å²) in [5, 5.41) is 0. The molecule has 0 bridgehead atoms. The smallest absolute Gasteiger partial charge is 0.219 e. The van der Waals surface area contributed by atoms with E-state index < -0.39 is 0 Å². The van der Waals surface area contributed by atoms with Crippen LogP contribution in [0.3, 0.4) is 0 Å². The molecule has 84 valence electrons. The van der Waals surface area contributed by atoms with Crippen LogP contribution < -0.4 is 0 Å². The van der Waals surface area contributed by atoms with Gasteiger partial charge in [-0.05, 0) is 37.5 Å². The molecule has 3 rings (SSSR count). The number of hydrogen-bond donors (Lipinski definition) is 0. The van der Waals surface area contributed by atoms with Crippen molar-refractivity contribution < 1.29 is 4.79 Å². The first-order chi connectivity index (χ1) is 7.21. The summed E-state index contributed by atoms with van der Waals surface area (Å²) in [5.41, 5.74) is 0.338. The highest BCUT2D eigenvalue weighted by atomic mass is 16.2. The van der Waals surface area contributed by atoms with Crippen molar-refractivity contribution in [3.05, 3.63) is 0 Å². The fourth-order valence-corrected chi connectivity index (χ4v) is 3.66. The Hall–Kier alpha value is -0.530. The average Bonchev–Trinajstić information content (AvgIpc) is 2.81. The van der Waals surface area contributed by atoms with Gasteiger partial charge in [-0.15, -0.1) is 0 Å². The van der Waals surface area contributed by atoms with E-state index in [1.165, 1.54) is 44.9 Å². The van der Waals surface area contributed by atoms with Gasteiger partial charge in [0.25, 0.3) is 0 Å². The highest BCUT2D eigenvalue weighted by Gasteiger charge is 2.53. The van der Waals surface area contributed by atoms with Gasteiger partial charge in [0.2, 0.25) is 5.91 Å². The zero-order chi connectivity index (χ0) is 10.5. The normalized spacial score (nSPS) is 33.9. The zero-order valence-electron chi connectivity index (χ0n) is 9.67. The molecule has 1 spiro atoms. The molecule has 3 fully saturated rings. The molecule has 1 atom stereocenters. The molecule has 0 radical (unpaired) electrons. The van der Waals surface area contributed by atoms with E-state index >= 15 is 0 Å². The van der Waals surface area contributed by atoms with Gasteiger partial charge in [-0.1, -0.05) is 19.3 Å². The number of carbonyl (C=O) groups excluding carboxylic acids is 1. The Labute approximate surface area is 92.0 Å². The quantitative estimate of drug-likeness (QED) is 0.647. The van der Waals surface area contributed by atoms with Gasteiger partial charge < -0.3 is 4.90 Å². The monoisotopic (exact) mass is 207 g/mol. The third-order valence-electron chi connectivity index (χ3n) is 4.96. The fourth-order valence-electron chi connectivity index (χ4n) is 3.66. The molecular formula is C13H21NO. The van der Waals surface area contributed by atoms with Gasteiger partial charge in [-0.3, -0.25) is 4.79 Å². The first-order valence-corrected chi connectivity index (χ1v) is 6.49. The van der Waals surface area contributed by atoms with E-state index in [2.05, 4.69) is 4.90 Å². The maximum atomic E-state index is 11.5. The lowest BCUT2D eigenvalue weighted by molar-refractivity contribution is -0.135. The van der Waals surface area contributed by atoms with Crippen LogP contribution in [0.15, 0.2) is 0 Å². The van der Waals surface area contributed by atoms with E-state index in [9.17, 15) is 4.79 Å². The zero-order valence-corrected chi connectivity index (χ0v) is 9.67. The molecule has 0 aromatic heterocycles. The first kappa shape index (κ1) is 9.68. The molecule has 1 aliphatic heterocycles. The molecule has 2 aliphatic carbocycles. The number of rotatable bonds is 1. The van der Waals surface area contributed by atoms with Gasteiger partial charge in [0, 0.05) is 19.0 Å². The molecule has 0 aromatic carbocycles. The van der Waals surface area contributed by atoms with E-state index in [-0.39, 0.29) is 0 Å². The van der Waals surface area contributed by atoms with Gasteiger partial charge >= 0.3 is 0 Å². The van der Waals surface area contributed by atoms with Crippen molar-refractivity contribution in [1.29, 1.82) is 0 Å². The summed E-state index contributed by atoms with van der Waals surface area (Å²) < 4.78 is 0. The summed E-state index contributed by atoms with van der Waals surface area (Å²) in [6.45, 7) is 2.78. The molecule has 3 aliphatic rings. The standard InChI is InChI=1S/C13H21NO/c1-10(15)14-8-5-12(11-3-2-4-11)9-13(14)6-7-13/h11-12H,2-9H2,1H3. The second kappa shape index (κ2) is 3.23. The van der Waals surface area contributed by atoms with Crippen LogP contribution in [0.2, 0.25) is 0 Å². The Balaban J connectivity index is 1.69. The number of nitrogens with zero attached hydrogens (tertiary/aromatic N) is 1. The minimum Gasteiger partial charge on any atom is -0.337 e. The Morgan fingerprint density at radius 3 is 2.40 bits per heavy atom. The summed E-state index contributed by atoms with van der Waals surface area (Å²) in [4.78, 5) is 13.7. The van der Waals surface area contributed by atoms with E-state index in [1.807, 2.05) is 0 Å². The van der Waals surface area contributed by atoms with Crippen molar-refractivity contribution >= 4 is 5.91 Å². The molecule has 2 nitrogen and oxygen atoms in total. The number of hydrogen-bond acceptors (Lipinski definition) is 1. The third-order valence-corrected chi connectivity index (χ3v) is 4.96. The van der Waals surface area contributed by atoms with Gasteiger partial charge in [0.05, 0.1) is 0 Å². The van der Waals surface area contributed by atoms with Crippen molar-refractivity contribution in [3.8, 4) is 0 Å². The summed E-state index contributed by atoms with van der Waals surface area (Å²) in [6, 6.07) is 0. The minimum atomic E-state index is 0.305. The van der Waals surface area contributed by atoms with E-state index in [4.69, 9.17) is 0 Å². The van der Waals surface area contributed by atoms with Gasteiger partial charge in [0.15, 0.2) is 0 Å². The Morgan fingerprint density at radius 2 is 1.93 bits per heavy atom. The minimum absolute atomic E-state index is 0.305. The SMILES string of the molecule is CC(=O)N1CCC(C2CCC2)CC12CC2. The molecule has 1 unspecified atom stereocenters. The van der Waals surface area contributed by atoms with Crippen LogP contribution in [0.25, 0.3) is 0 Å². The van der Waals surface area contributed by atoms with Crippen LogP contribution in [-0.4, -0.2) is 22.9 Å². The van der Waals surface area contributed by atoms with Gasteiger partial charge in [-0.2, -0.15) is 0 Å². The Kier molecular flexibility index (Phi) is 2.08. The van der Waals surface area contributed by atoms with Gasteiger partial charge in [0.1, 0.15) is 0 Å². The molecule has 1 amide bonds. The van der Waals surface area contributed by atoms with Crippen LogP contribution in [0.1, 0.15) is 51.9 Å². The molecule has 1 heterocycles. The summed E-state index contributed by atoms with van der Waals surface area (Å²) in [6.07, 6.45) is 9.50. The number of piperidine rings is 1. The fraction of sp³-hybridized carbons (Fsp3) is 0.923. The molecule has 2 heteroatoms. The predicted molar refractivity (Wildman–Crippen MR) is 59.4 cm³/mol. The lowest BCUT2D eigenvalue weighted by Crippen LogP contribution is -2.48. The molecule has 2 saturated carbocycles. The summed E-state index contributed by atoms with van der Waals surface area (Å²) in [5.74, 6) is 2.26. The van der Waals surface area contributed by atoms with Crippen molar-refractivity contribution in [1.82, 2.24) is 4.90 Å². The van der Waals surface area contributed by atoms with Crippen molar-refractivity contribution in [2.75, 3.05) is 6.54 Å².